The number of nitrogens with zero attached hydrogens (tertiary/aromatic N) is 6. The number of likely N-dealkylation sites (N-methyl/N-ethyl adjacent to an activating group) is 1. The van der Waals surface area contributed by atoms with Gasteiger partial charge < -0.3 is 28.9 Å². The molecule has 0 saturated carbocycles. The van der Waals surface area contributed by atoms with E-state index < -0.39 is 23.2 Å². The van der Waals surface area contributed by atoms with Crippen molar-refractivity contribution in [1.82, 2.24) is 19.2 Å². The normalized spacial score (nSPS) is 16.3. The van der Waals surface area contributed by atoms with Crippen LogP contribution < -0.4 is 20.1 Å². The standard InChI is InChI=1S/C31H38N6O7/c1-31(2,3)44-30(41)35-15-16-36(24(38)19-35)23-17-22(34-13-11-33(4)12-14-34)18-37-27(23)32-25(29(40)42-5)26(28(37)39)43-20-21-9-7-6-8-10-21/h6-10,17-18H,11-16,19-20H2,1-5H3. The highest BCUT2D eigenvalue weighted by atomic mass is 16.6. The van der Waals surface area contributed by atoms with Crippen LogP contribution in [0, 0.1) is 0 Å². The predicted octanol–water partition coefficient (Wildman–Crippen LogP) is 2.40. The van der Waals surface area contributed by atoms with Gasteiger partial charge in [0.1, 0.15) is 18.8 Å². The zero-order chi connectivity index (χ0) is 31.6. The van der Waals surface area contributed by atoms with Crippen LogP contribution in [0.4, 0.5) is 16.2 Å². The summed E-state index contributed by atoms with van der Waals surface area (Å²) in [4.78, 5) is 65.0. The minimum absolute atomic E-state index is 0.0317. The zero-order valence-electron chi connectivity index (χ0n) is 25.7. The third-order valence-corrected chi connectivity index (χ3v) is 7.49. The molecule has 13 nitrogen and oxygen atoms in total. The fraction of sp³-hybridized carbons (Fsp3) is 0.452. The van der Waals surface area contributed by atoms with Gasteiger partial charge in [0.25, 0.3) is 0 Å². The Bertz CT molecular complexity index is 1610. The summed E-state index contributed by atoms with van der Waals surface area (Å²) in [5.41, 5.74) is 0.344. The number of piperazine rings is 2. The molecule has 2 aliphatic heterocycles. The molecule has 0 N–H and O–H groups in total. The Hall–Kier alpha value is -4.65. The molecule has 0 unspecified atom stereocenters. The van der Waals surface area contributed by atoms with Crippen LogP contribution in [0.15, 0.2) is 47.4 Å². The number of pyridine rings is 1. The third kappa shape index (κ3) is 6.62. The predicted molar refractivity (Wildman–Crippen MR) is 163 cm³/mol. The molecule has 0 bridgehead atoms. The number of ether oxygens (including phenoxy) is 3. The van der Waals surface area contributed by atoms with Crippen molar-refractivity contribution < 1.29 is 28.6 Å². The summed E-state index contributed by atoms with van der Waals surface area (Å²) >= 11 is 0. The summed E-state index contributed by atoms with van der Waals surface area (Å²) in [6, 6.07) is 11.1. The summed E-state index contributed by atoms with van der Waals surface area (Å²) < 4.78 is 17.7. The SMILES string of the molecule is COC(=O)c1nc2c(N3CCN(C(=O)OC(C)(C)C)CC3=O)cc(N3CCN(C)CC3)cn2c(=O)c1OCc1ccccc1. The number of hydrogen-bond donors (Lipinski definition) is 0. The van der Waals surface area contributed by atoms with Gasteiger partial charge in [-0.2, -0.15) is 0 Å². The minimum atomic E-state index is -0.845. The molecule has 2 saturated heterocycles. The lowest BCUT2D eigenvalue weighted by Crippen LogP contribution is -2.53. The lowest BCUT2D eigenvalue weighted by molar-refractivity contribution is -0.121. The fourth-order valence-corrected chi connectivity index (χ4v) is 5.13. The first kappa shape index (κ1) is 30.8. The number of hydrogen-bond acceptors (Lipinski definition) is 10. The van der Waals surface area contributed by atoms with Gasteiger partial charge in [-0.05, 0) is 39.4 Å². The molecular weight excluding hydrogens is 568 g/mol. The second-order valence-corrected chi connectivity index (χ2v) is 11.9. The number of carbonyl (C=O) groups is 3. The minimum Gasteiger partial charge on any atom is -0.481 e. The number of amides is 2. The Kier molecular flexibility index (Phi) is 8.77. The van der Waals surface area contributed by atoms with Gasteiger partial charge >= 0.3 is 17.6 Å². The molecule has 0 atom stereocenters. The van der Waals surface area contributed by atoms with Crippen LogP contribution in [0.1, 0.15) is 36.8 Å². The molecule has 0 radical (unpaired) electrons. The van der Waals surface area contributed by atoms with Crippen LogP contribution in [0.3, 0.4) is 0 Å². The Morgan fingerprint density at radius 1 is 0.977 bits per heavy atom. The van der Waals surface area contributed by atoms with E-state index in [4.69, 9.17) is 14.2 Å². The summed E-state index contributed by atoms with van der Waals surface area (Å²) in [5, 5.41) is 0. The summed E-state index contributed by atoms with van der Waals surface area (Å²) in [6.07, 6.45) is 1.08. The average Bonchev–Trinajstić information content (AvgIpc) is 2.99. The van der Waals surface area contributed by atoms with Gasteiger partial charge in [0.05, 0.1) is 18.5 Å². The van der Waals surface area contributed by atoms with Crippen LogP contribution >= 0.6 is 0 Å². The van der Waals surface area contributed by atoms with E-state index in [9.17, 15) is 19.2 Å². The van der Waals surface area contributed by atoms with E-state index in [1.165, 1.54) is 21.3 Å². The molecule has 0 aliphatic carbocycles. The number of benzene rings is 1. The Balaban J connectivity index is 1.59. The third-order valence-electron chi connectivity index (χ3n) is 7.49. The molecule has 44 heavy (non-hydrogen) atoms. The first-order chi connectivity index (χ1) is 20.9. The highest BCUT2D eigenvalue weighted by molar-refractivity contribution is 6.01. The quantitative estimate of drug-likeness (QED) is 0.386. The van der Waals surface area contributed by atoms with Crippen molar-refractivity contribution >= 4 is 35.0 Å². The molecule has 2 aliphatic rings. The summed E-state index contributed by atoms with van der Waals surface area (Å²) in [6.45, 7) is 8.51. The lowest BCUT2D eigenvalue weighted by Gasteiger charge is -2.37. The van der Waals surface area contributed by atoms with Gasteiger partial charge in [0, 0.05) is 45.5 Å². The monoisotopic (exact) mass is 606 g/mol. The largest absolute Gasteiger partial charge is 0.481 e. The number of fused-ring (bicyclic) bond motifs is 1. The van der Waals surface area contributed by atoms with Gasteiger partial charge in [-0.25, -0.2) is 14.6 Å². The van der Waals surface area contributed by atoms with Crippen molar-refractivity contribution in [2.75, 3.05) is 69.8 Å². The summed E-state index contributed by atoms with van der Waals surface area (Å²) in [5.74, 6) is -1.47. The number of carbonyl (C=O) groups excluding carboxylic acids is 3. The van der Waals surface area contributed by atoms with Crippen LogP contribution in [-0.4, -0.2) is 103 Å². The zero-order valence-corrected chi connectivity index (χ0v) is 25.7. The molecule has 2 aromatic heterocycles. The van der Waals surface area contributed by atoms with Gasteiger partial charge in [-0.3, -0.25) is 18.9 Å². The van der Waals surface area contributed by atoms with Crippen molar-refractivity contribution in [1.29, 1.82) is 0 Å². The van der Waals surface area contributed by atoms with Gasteiger partial charge in [-0.1, -0.05) is 30.3 Å². The van der Waals surface area contributed by atoms with Crippen LogP contribution in [0.5, 0.6) is 5.75 Å². The lowest BCUT2D eigenvalue weighted by atomic mass is 10.2. The van der Waals surface area contributed by atoms with E-state index in [0.717, 1.165) is 18.7 Å². The maximum absolute atomic E-state index is 14.1. The van der Waals surface area contributed by atoms with Gasteiger partial charge in [0.15, 0.2) is 11.3 Å². The van der Waals surface area contributed by atoms with Gasteiger partial charge in [0.2, 0.25) is 11.7 Å². The van der Waals surface area contributed by atoms with Crippen LogP contribution in [0.2, 0.25) is 0 Å². The maximum atomic E-state index is 14.1. The Morgan fingerprint density at radius 2 is 1.68 bits per heavy atom. The second-order valence-electron chi connectivity index (χ2n) is 11.9. The number of rotatable bonds is 6. The highest BCUT2D eigenvalue weighted by Gasteiger charge is 2.34. The second kappa shape index (κ2) is 12.5. The van der Waals surface area contributed by atoms with Gasteiger partial charge in [-0.15, -0.1) is 0 Å². The van der Waals surface area contributed by atoms with Crippen molar-refractivity contribution in [2.24, 2.45) is 0 Å². The topological polar surface area (TPSA) is 126 Å². The first-order valence-electron chi connectivity index (χ1n) is 14.5. The number of methoxy groups -OCH3 is 1. The average molecular weight is 607 g/mol. The van der Waals surface area contributed by atoms with Crippen LogP contribution in [-0.2, 0) is 20.9 Å². The molecule has 234 valence electrons. The number of aromatic nitrogens is 2. The molecule has 0 spiro atoms. The van der Waals surface area contributed by atoms with E-state index in [2.05, 4.69) is 14.8 Å². The molecule has 2 fully saturated rings. The Morgan fingerprint density at radius 3 is 2.32 bits per heavy atom. The number of esters is 1. The molecule has 5 rings (SSSR count). The fourth-order valence-electron chi connectivity index (χ4n) is 5.13. The Labute approximate surface area is 255 Å². The van der Waals surface area contributed by atoms with E-state index in [0.29, 0.717) is 24.5 Å². The van der Waals surface area contributed by atoms with Crippen molar-refractivity contribution in [3.05, 3.63) is 64.2 Å². The van der Waals surface area contributed by atoms with E-state index >= 15 is 0 Å². The number of anilines is 2. The molecule has 1 aromatic carbocycles. The highest BCUT2D eigenvalue weighted by Crippen LogP contribution is 2.30. The van der Waals surface area contributed by atoms with E-state index in [-0.39, 0.29) is 49.2 Å². The van der Waals surface area contributed by atoms with E-state index in [1.54, 1.807) is 33.0 Å². The molecule has 3 aromatic rings. The first-order valence-corrected chi connectivity index (χ1v) is 14.5. The molecule has 2 amide bonds. The van der Waals surface area contributed by atoms with Crippen molar-refractivity contribution in [3.63, 3.8) is 0 Å². The van der Waals surface area contributed by atoms with Crippen molar-refractivity contribution in [3.8, 4) is 5.75 Å². The summed E-state index contributed by atoms with van der Waals surface area (Å²) in [7, 11) is 3.24. The van der Waals surface area contributed by atoms with Crippen LogP contribution in [0.25, 0.3) is 5.65 Å². The molecule has 13 heteroatoms. The van der Waals surface area contributed by atoms with E-state index in [1.807, 2.05) is 37.4 Å². The molecular formula is C31H38N6O7. The molecule has 4 heterocycles. The maximum Gasteiger partial charge on any atom is 0.410 e. The smallest absolute Gasteiger partial charge is 0.410 e. The van der Waals surface area contributed by atoms with Crippen molar-refractivity contribution in [2.45, 2.75) is 33.0 Å².